The number of halogens is 3. The fraction of sp³-hybridized carbons (Fsp3) is 0.400. The van der Waals surface area contributed by atoms with Gasteiger partial charge >= 0.3 is 6.18 Å². The normalized spacial score (nSPS) is 14.8. The second-order valence-electron chi connectivity index (χ2n) is 6.87. The quantitative estimate of drug-likeness (QED) is 0.774. The van der Waals surface area contributed by atoms with E-state index >= 15 is 0 Å². The number of nitrogens with one attached hydrogen (secondary N) is 1. The van der Waals surface area contributed by atoms with Crippen LogP contribution in [0.4, 0.5) is 19.0 Å². The molecule has 0 bridgehead atoms. The Morgan fingerprint density at radius 1 is 1.27 bits per heavy atom. The second kappa shape index (κ2) is 9.43. The van der Waals surface area contributed by atoms with Gasteiger partial charge in [0.25, 0.3) is 0 Å². The molecule has 158 valence electrons. The minimum Gasteiger partial charge on any atom is -0.468 e. The fourth-order valence-electron chi connectivity index (χ4n) is 3.18. The summed E-state index contributed by atoms with van der Waals surface area (Å²) in [5.41, 5.74) is 0.872. The van der Waals surface area contributed by atoms with Crippen LogP contribution < -0.4 is 15.0 Å². The summed E-state index contributed by atoms with van der Waals surface area (Å²) in [5.74, 6) is 0.260. The summed E-state index contributed by atoms with van der Waals surface area (Å²) in [4.78, 5) is 22.6. The van der Waals surface area contributed by atoms with E-state index in [4.69, 9.17) is 10.00 Å². The number of amides is 1. The standard InChI is InChI=1S/C20H20F3N5O2/c21-20(22,23)13-30-19-16(2-1-7-25-19)12-27-18(29)15-5-8-28(9-6-15)17-4-3-14(10-24)11-26-17/h1-4,7,11,15H,5-6,8-9,12-13H2,(H,27,29). The summed E-state index contributed by atoms with van der Waals surface area (Å²) in [7, 11) is 0. The average Bonchev–Trinajstić information content (AvgIpc) is 2.76. The lowest BCUT2D eigenvalue weighted by molar-refractivity contribution is -0.154. The highest BCUT2D eigenvalue weighted by Gasteiger charge is 2.29. The highest BCUT2D eigenvalue weighted by Crippen LogP contribution is 2.23. The molecule has 1 aliphatic rings. The van der Waals surface area contributed by atoms with E-state index in [2.05, 4.69) is 20.2 Å². The average molecular weight is 419 g/mol. The first kappa shape index (κ1) is 21.4. The van der Waals surface area contributed by atoms with Gasteiger partial charge in [-0.2, -0.15) is 18.4 Å². The Balaban J connectivity index is 1.50. The molecule has 1 aliphatic heterocycles. The van der Waals surface area contributed by atoms with Gasteiger partial charge in [-0.3, -0.25) is 4.79 Å². The number of aromatic nitrogens is 2. The molecule has 0 unspecified atom stereocenters. The van der Waals surface area contributed by atoms with Crippen LogP contribution in [0.1, 0.15) is 24.0 Å². The number of hydrogen-bond acceptors (Lipinski definition) is 6. The van der Waals surface area contributed by atoms with Crippen molar-refractivity contribution in [1.29, 1.82) is 5.26 Å². The van der Waals surface area contributed by atoms with Crippen LogP contribution in [0.15, 0.2) is 36.7 Å². The Bertz CT molecular complexity index is 904. The summed E-state index contributed by atoms with van der Waals surface area (Å²) in [5, 5.41) is 11.6. The zero-order valence-electron chi connectivity index (χ0n) is 16.0. The number of alkyl halides is 3. The number of piperidine rings is 1. The van der Waals surface area contributed by atoms with Crippen LogP contribution in [0.5, 0.6) is 5.88 Å². The number of carbonyl (C=O) groups excluding carboxylic acids is 1. The molecule has 2 aromatic heterocycles. The molecule has 0 atom stereocenters. The van der Waals surface area contributed by atoms with Crippen LogP contribution in [0.25, 0.3) is 0 Å². The van der Waals surface area contributed by atoms with Crippen molar-refractivity contribution < 1.29 is 22.7 Å². The van der Waals surface area contributed by atoms with Gasteiger partial charge in [-0.15, -0.1) is 0 Å². The van der Waals surface area contributed by atoms with E-state index in [1.165, 1.54) is 12.4 Å². The molecule has 1 fully saturated rings. The van der Waals surface area contributed by atoms with Crippen LogP contribution >= 0.6 is 0 Å². The van der Waals surface area contributed by atoms with Crippen molar-refractivity contribution in [2.45, 2.75) is 25.6 Å². The molecular formula is C20H20F3N5O2. The van der Waals surface area contributed by atoms with Crippen LogP contribution in [0, 0.1) is 17.2 Å². The molecular weight excluding hydrogens is 399 g/mol. The van der Waals surface area contributed by atoms with Crippen LogP contribution in [0.2, 0.25) is 0 Å². The SMILES string of the molecule is N#Cc1ccc(N2CCC(C(=O)NCc3cccnc3OCC(F)(F)F)CC2)nc1. The van der Waals surface area contributed by atoms with Gasteiger partial charge in [0.2, 0.25) is 11.8 Å². The summed E-state index contributed by atoms with van der Waals surface area (Å²) >= 11 is 0. The molecule has 0 saturated carbocycles. The molecule has 3 heterocycles. The van der Waals surface area contributed by atoms with Gasteiger partial charge in [0, 0.05) is 43.5 Å². The molecule has 0 aromatic carbocycles. The van der Waals surface area contributed by atoms with Gasteiger partial charge in [-0.25, -0.2) is 9.97 Å². The first-order valence-electron chi connectivity index (χ1n) is 9.38. The van der Waals surface area contributed by atoms with Crippen molar-refractivity contribution in [2.24, 2.45) is 5.92 Å². The largest absolute Gasteiger partial charge is 0.468 e. The van der Waals surface area contributed by atoms with Crippen molar-refractivity contribution in [2.75, 3.05) is 24.6 Å². The van der Waals surface area contributed by atoms with E-state index in [0.29, 0.717) is 37.1 Å². The fourth-order valence-corrected chi connectivity index (χ4v) is 3.18. The lowest BCUT2D eigenvalue weighted by Gasteiger charge is -2.32. The number of nitriles is 1. The lowest BCUT2D eigenvalue weighted by atomic mass is 9.96. The Labute approximate surface area is 171 Å². The van der Waals surface area contributed by atoms with Crippen LogP contribution in [-0.4, -0.2) is 41.7 Å². The third-order valence-electron chi connectivity index (χ3n) is 4.74. The predicted octanol–water partition coefficient (Wildman–Crippen LogP) is 2.82. The summed E-state index contributed by atoms with van der Waals surface area (Å²) < 4.78 is 41.9. The van der Waals surface area contributed by atoms with Crippen LogP contribution in [-0.2, 0) is 11.3 Å². The molecule has 30 heavy (non-hydrogen) atoms. The summed E-state index contributed by atoms with van der Waals surface area (Å²) in [6, 6.07) is 8.65. The molecule has 1 amide bonds. The van der Waals surface area contributed by atoms with Crippen molar-refractivity contribution in [3.8, 4) is 11.9 Å². The van der Waals surface area contributed by atoms with Gasteiger partial charge in [0.05, 0.1) is 5.56 Å². The number of ether oxygens (including phenoxy) is 1. The Hall–Kier alpha value is -3.35. The van der Waals surface area contributed by atoms with Crippen LogP contribution in [0.3, 0.4) is 0 Å². The molecule has 7 nitrogen and oxygen atoms in total. The van der Waals surface area contributed by atoms with E-state index in [1.807, 2.05) is 6.07 Å². The Morgan fingerprint density at radius 3 is 2.67 bits per heavy atom. The Morgan fingerprint density at radius 2 is 2.03 bits per heavy atom. The maximum Gasteiger partial charge on any atom is 0.422 e. The van der Waals surface area contributed by atoms with Gasteiger partial charge in [0.1, 0.15) is 11.9 Å². The smallest absolute Gasteiger partial charge is 0.422 e. The maximum absolute atomic E-state index is 12.5. The third-order valence-corrected chi connectivity index (χ3v) is 4.74. The molecule has 3 rings (SSSR count). The zero-order chi connectivity index (χ0) is 21.6. The molecule has 0 aliphatic carbocycles. The summed E-state index contributed by atoms with van der Waals surface area (Å²) in [6.45, 7) is -0.113. The maximum atomic E-state index is 12.5. The highest BCUT2D eigenvalue weighted by molar-refractivity contribution is 5.79. The summed E-state index contributed by atoms with van der Waals surface area (Å²) in [6.07, 6.45) is -0.365. The first-order valence-corrected chi connectivity index (χ1v) is 9.38. The molecule has 2 aromatic rings. The molecule has 1 saturated heterocycles. The Kier molecular flexibility index (Phi) is 6.72. The zero-order valence-corrected chi connectivity index (χ0v) is 16.0. The van der Waals surface area contributed by atoms with E-state index in [-0.39, 0.29) is 24.2 Å². The van der Waals surface area contributed by atoms with Gasteiger partial charge < -0.3 is 15.0 Å². The third kappa shape index (κ3) is 5.83. The van der Waals surface area contributed by atoms with Crippen molar-refractivity contribution >= 4 is 11.7 Å². The lowest BCUT2D eigenvalue weighted by Crippen LogP contribution is -2.40. The first-order chi connectivity index (χ1) is 14.4. The highest BCUT2D eigenvalue weighted by atomic mass is 19.4. The number of nitrogens with zero attached hydrogens (tertiary/aromatic N) is 4. The molecule has 1 N–H and O–H groups in total. The minimum absolute atomic E-state index is 0.0389. The topological polar surface area (TPSA) is 91.1 Å². The van der Waals surface area contributed by atoms with Gasteiger partial charge in [0.15, 0.2) is 6.61 Å². The molecule has 0 spiro atoms. The number of carbonyl (C=O) groups is 1. The molecule has 10 heteroatoms. The van der Waals surface area contributed by atoms with Gasteiger partial charge in [-0.1, -0.05) is 6.07 Å². The predicted molar refractivity (Wildman–Crippen MR) is 102 cm³/mol. The van der Waals surface area contributed by atoms with Gasteiger partial charge in [-0.05, 0) is 31.0 Å². The van der Waals surface area contributed by atoms with E-state index < -0.39 is 12.8 Å². The van der Waals surface area contributed by atoms with E-state index in [0.717, 1.165) is 5.82 Å². The number of anilines is 1. The van der Waals surface area contributed by atoms with Crippen molar-refractivity contribution in [3.05, 3.63) is 47.8 Å². The van der Waals surface area contributed by atoms with E-state index in [9.17, 15) is 18.0 Å². The number of rotatable bonds is 6. The monoisotopic (exact) mass is 419 g/mol. The van der Waals surface area contributed by atoms with E-state index in [1.54, 1.807) is 24.3 Å². The number of hydrogen-bond donors (Lipinski definition) is 1. The minimum atomic E-state index is -4.46. The second-order valence-corrected chi connectivity index (χ2v) is 6.87. The number of pyridine rings is 2. The molecule has 0 radical (unpaired) electrons. The van der Waals surface area contributed by atoms with Crippen molar-refractivity contribution in [3.63, 3.8) is 0 Å². The van der Waals surface area contributed by atoms with Crippen molar-refractivity contribution in [1.82, 2.24) is 15.3 Å².